The average Bonchev–Trinajstić information content (AvgIpc) is 2.93. The Bertz CT molecular complexity index is 892. The van der Waals surface area contributed by atoms with Gasteiger partial charge >= 0.3 is 0 Å². The quantitative estimate of drug-likeness (QED) is 0.295. The van der Waals surface area contributed by atoms with Crippen LogP contribution >= 0.6 is 0 Å². The zero-order chi connectivity index (χ0) is 26.4. The molecule has 0 aromatic rings. The molecule has 0 amide bonds. The Kier molecular flexibility index (Phi) is 6.46. The first-order valence-electron chi connectivity index (χ1n) is 13.0. The smallest absolute Gasteiger partial charge is 0.159 e. The Morgan fingerprint density at radius 3 is 2.26 bits per heavy atom. The van der Waals surface area contributed by atoms with Crippen molar-refractivity contribution in [2.45, 2.75) is 121 Å². The van der Waals surface area contributed by atoms with Gasteiger partial charge in [-0.25, -0.2) is 0 Å². The van der Waals surface area contributed by atoms with Crippen molar-refractivity contribution < 1.29 is 40.5 Å². The SMILES string of the molecule is CC(C)(O)CC[C@@H](O)C(C)(O)[C@H]1[C@@H](O)C[C@@]2(O)C3=CC(=O)[C@@H]4C[C@@H](O)[C@@H](O)C[C@]4(C)C3CC[C@]12C. The molecular formula is C27H44O8. The summed E-state index contributed by atoms with van der Waals surface area (Å²) in [5, 5.41) is 76.7. The van der Waals surface area contributed by atoms with Gasteiger partial charge in [-0.05, 0) is 82.3 Å². The van der Waals surface area contributed by atoms with Crippen molar-refractivity contribution in [3.05, 3.63) is 11.6 Å². The molecule has 0 spiro atoms. The monoisotopic (exact) mass is 496 g/mol. The Morgan fingerprint density at radius 1 is 1.03 bits per heavy atom. The van der Waals surface area contributed by atoms with E-state index in [4.69, 9.17) is 0 Å². The Balaban J connectivity index is 1.71. The molecule has 35 heavy (non-hydrogen) atoms. The second-order valence-corrected chi connectivity index (χ2v) is 13.3. The van der Waals surface area contributed by atoms with Gasteiger partial charge in [-0.2, -0.15) is 0 Å². The highest BCUT2D eigenvalue weighted by molar-refractivity contribution is 5.95. The van der Waals surface area contributed by atoms with Crippen LogP contribution in [0.5, 0.6) is 0 Å². The normalized spacial score (nSPS) is 48.3. The molecule has 8 heteroatoms. The minimum Gasteiger partial charge on any atom is -0.393 e. The van der Waals surface area contributed by atoms with Crippen LogP contribution in [0, 0.1) is 28.6 Å². The van der Waals surface area contributed by atoms with Gasteiger partial charge in [0.2, 0.25) is 0 Å². The van der Waals surface area contributed by atoms with E-state index in [-0.39, 0.29) is 43.8 Å². The van der Waals surface area contributed by atoms with Gasteiger partial charge in [0.05, 0.1) is 41.2 Å². The van der Waals surface area contributed by atoms with Crippen LogP contribution in [-0.4, -0.2) is 82.7 Å². The van der Waals surface area contributed by atoms with Gasteiger partial charge in [-0.1, -0.05) is 13.8 Å². The Hall–Kier alpha value is -0.870. The molecule has 0 aromatic heterocycles. The molecule has 4 rings (SSSR count). The summed E-state index contributed by atoms with van der Waals surface area (Å²) >= 11 is 0. The number of allylic oxidation sites excluding steroid dienone is 1. The number of fused-ring (bicyclic) bond motifs is 5. The molecule has 200 valence electrons. The van der Waals surface area contributed by atoms with E-state index >= 15 is 0 Å². The number of aliphatic hydroxyl groups is 7. The lowest BCUT2D eigenvalue weighted by molar-refractivity contribution is -0.185. The van der Waals surface area contributed by atoms with Crippen molar-refractivity contribution in [2.75, 3.05) is 0 Å². The van der Waals surface area contributed by atoms with Crippen LogP contribution < -0.4 is 0 Å². The predicted octanol–water partition coefficient (Wildman–Crippen LogP) is 0.825. The molecule has 0 bridgehead atoms. The van der Waals surface area contributed by atoms with E-state index in [2.05, 4.69) is 0 Å². The molecule has 4 aliphatic rings. The van der Waals surface area contributed by atoms with E-state index in [1.807, 2.05) is 13.8 Å². The summed E-state index contributed by atoms with van der Waals surface area (Å²) in [6, 6.07) is 0. The van der Waals surface area contributed by atoms with E-state index in [1.54, 1.807) is 13.8 Å². The van der Waals surface area contributed by atoms with Crippen LogP contribution in [0.2, 0.25) is 0 Å². The third-order valence-corrected chi connectivity index (χ3v) is 10.5. The first-order valence-corrected chi connectivity index (χ1v) is 13.0. The Labute approximate surface area is 207 Å². The maximum atomic E-state index is 13.3. The highest BCUT2D eigenvalue weighted by atomic mass is 16.3. The maximum Gasteiger partial charge on any atom is 0.159 e. The second-order valence-electron chi connectivity index (χ2n) is 13.3. The number of hydrogen-bond donors (Lipinski definition) is 7. The fourth-order valence-electron chi connectivity index (χ4n) is 8.44. The van der Waals surface area contributed by atoms with E-state index in [0.29, 0.717) is 18.4 Å². The van der Waals surface area contributed by atoms with Crippen molar-refractivity contribution in [1.82, 2.24) is 0 Å². The van der Waals surface area contributed by atoms with E-state index in [1.165, 1.54) is 13.0 Å². The van der Waals surface area contributed by atoms with Gasteiger partial charge in [0, 0.05) is 23.7 Å². The fourth-order valence-corrected chi connectivity index (χ4v) is 8.44. The number of ketones is 1. The van der Waals surface area contributed by atoms with Crippen molar-refractivity contribution in [2.24, 2.45) is 28.6 Å². The molecule has 0 radical (unpaired) electrons. The molecular weight excluding hydrogens is 452 g/mol. The number of hydrogen-bond acceptors (Lipinski definition) is 8. The van der Waals surface area contributed by atoms with Crippen molar-refractivity contribution in [3.63, 3.8) is 0 Å². The summed E-state index contributed by atoms with van der Waals surface area (Å²) < 4.78 is 0. The zero-order valence-electron chi connectivity index (χ0n) is 21.6. The van der Waals surface area contributed by atoms with Crippen LogP contribution in [0.25, 0.3) is 0 Å². The van der Waals surface area contributed by atoms with Gasteiger partial charge in [0.1, 0.15) is 0 Å². The second kappa shape index (κ2) is 8.32. The van der Waals surface area contributed by atoms with Crippen LogP contribution in [0.15, 0.2) is 11.6 Å². The Morgan fingerprint density at radius 2 is 1.66 bits per heavy atom. The minimum absolute atomic E-state index is 0.0654. The first kappa shape index (κ1) is 27.2. The van der Waals surface area contributed by atoms with Crippen LogP contribution in [0.1, 0.15) is 79.6 Å². The lowest BCUT2D eigenvalue weighted by Crippen LogP contribution is -2.63. The molecule has 11 atom stereocenters. The third kappa shape index (κ3) is 3.95. The highest BCUT2D eigenvalue weighted by Crippen LogP contribution is 2.68. The molecule has 0 saturated heterocycles. The van der Waals surface area contributed by atoms with E-state index in [0.717, 1.165) is 0 Å². The molecule has 2 unspecified atom stereocenters. The number of carbonyl (C=O) groups excluding carboxylic acids is 1. The van der Waals surface area contributed by atoms with Crippen LogP contribution in [-0.2, 0) is 4.79 Å². The van der Waals surface area contributed by atoms with Gasteiger partial charge < -0.3 is 35.7 Å². The molecule has 0 aromatic carbocycles. The lowest BCUT2D eigenvalue weighted by Gasteiger charge is -2.60. The molecule has 4 aliphatic carbocycles. The van der Waals surface area contributed by atoms with Gasteiger partial charge in [-0.3, -0.25) is 4.79 Å². The molecule has 0 aliphatic heterocycles. The largest absolute Gasteiger partial charge is 0.393 e. The third-order valence-electron chi connectivity index (χ3n) is 10.5. The molecule has 0 heterocycles. The van der Waals surface area contributed by atoms with Gasteiger partial charge in [0.25, 0.3) is 0 Å². The van der Waals surface area contributed by atoms with E-state index in [9.17, 15) is 40.5 Å². The number of aliphatic hydroxyl groups excluding tert-OH is 4. The summed E-state index contributed by atoms with van der Waals surface area (Å²) in [6.45, 7) is 8.51. The first-order chi connectivity index (χ1) is 15.9. The molecule has 7 N–H and O–H groups in total. The van der Waals surface area contributed by atoms with Crippen LogP contribution in [0.3, 0.4) is 0 Å². The lowest BCUT2D eigenvalue weighted by atomic mass is 9.45. The zero-order valence-corrected chi connectivity index (χ0v) is 21.6. The van der Waals surface area contributed by atoms with E-state index < -0.39 is 63.9 Å². The van der Waals surface area contributed by atoms with Crippen LogP contribution in [0.4, 0.5) is 0 Å². The maximum absolute atomic E-state index is 13.3. The average molecular weight is 497 g/mol. The standard InChI is InChI=1S/C27H44O8/c1-23(2,33)8-7-21(32)26(5,34)22-20(31)13-27(35)15-10-17(28)16-11-18(29)19(30)12-24(16,3)14(15)6-9-25(22,27)4/h10,14,16,18-22,29-35H,6-9,11-13H2,1-5H3/t14?,16-,18+,19-,20-,21+,22-,24+,25+,26?,27+/m0/s1. The summed E-state index contributed by atoms with van der Waals surface area (Å²) in [4.78, 5) is 13.3. The predicted molar refractivity (Wildman–Crippen MR) is 128 cm³/mol. The summed E-state index contributed by atoms with van der Waals surface area (Å²) in [5.41, 5.74) is -5.43. The van der Waals surface area contributed by atoms with Gasteiger partial charge in [-0.15, -0.1) is 0 Å². The number of carbonyl (C=O) groups is 1. The number of rotatable bonds is 5. The highest BCUT2D eigenvalue weighted by Gasteiger charge is 2.71. The molecule has 3 saturated carbocycles. The fraction of sp³-hybridized carbons (Fsp3) is 0.889. The van der Waals surface area contributed by atoms with Gasteiger partial charge in [0.15, 0.2) is 5.78 Å². The summed E-state index contributed by atoms with van der Waals surface area (Å²) in [5.74, 6) is -1.70. The molecule has 3 fully saturated rings. The summed E-state index contributed by atoms with van der Waals surface area (Å²) in [6.07, 6.45) is -0.969. The minimum atomic E-state index is -1.74. The van der Waals surface area contributed by atoms with Crippen molar-refractivity contribution >= 4 is 5.78 Å². The topological polar surface area (TPSA) is 159 Å². The van der Waals surface area contributed by atoms with Crippen molar-refractivity contribution in [3.8, 4) is 0 Å². The summed E-state index contributed by atoms with van der Waals surface area (Å²) in [7, 11) is 0. The van der Waals surface area contributed by atoms with Crippen molar-refractivity contribution in [1.29, 1.82) is 0 Å². The molecule has 8 nitrogen and oxygen atoms in total.